The molecule has 0 radical (unpaired) electrons. The minimum absolute atomic E-state index is 0.132. The Morgan fingerprint density at radius 2 is 2.21 bits per heavy atom. The highest BCUT2D eigenvalue weighted by Crippen LogP contribution is 2.11. The van der Waals surface area contributed by atoms with Crippen LogP contribution in [0.3, 0.4) is 0 Å². The monoisotopic (exact) mass is 215 g/mol. The highest BCUT2D eigenvalue weighted by Gasteiger charge is 2.11. The summed E-state index contributed by atoms with van der Waals surface area (Å²) in [5, 5.41) is 12.4. The Hall–Kier alpha value is -0.870. The fraction of sp³-hybridized carbons (Fsp3) is 0.556. The lowest BCUT2D eigenvalue weighted by molar-refractivity contribution is 0.226. The van der Waals surface area contributed by atoms with Gasteiger partial charge in [0.15, 0.2) is 0 Å². The maximum absolute atomic E-state index is 8.94. The van der Waals surface area contributed by atoms with Crippen molar-refractivity contribution in [3.05, 3.63) is 17.5 Å². The van der Waals surface area contributed by atoms with Crippen molar-refractivity contribution in [3.63, 3.8) is 0 Å². The average Bonchev–Trinajstić information content (AvgIpc) is 2.16. The number of nitrogens with zero attached hydrogens (tertiary/aromatic N) is 2. The van der Waals surface area contributed by atoms with Gasteiger partial charge in [0.2, 0.25) is 0 Å². The molecule has 4 nitrogen and oxygen atoms in total. The van der Waals surface area contributed by atoms with Crippen molar-refractivity contribution in [2.24, 2.45) is 5.92 Å². The summed E-state index contributed by atoms with van der Waals surface area (Å²) < 4.78 is 0. The van der Waals surface area contributed by atoms with Gasteiger partial charge < -0.3 is 10.4 Å². The predicted molar refractivity (Wildman–Crippen MR) is 56.4 cm³/mol. The van der Waals surface area contributed by atoms with Gasteiger partial charge in [-0.1, -0.05) is 18.5 Å². The molecule has 0 aliphatic rings. The quantitative estimate of drug-likeness (QED) is 0.801. The second kappa shape index (κ2) is 5.12. The van der Waals surface area contributed by atoms with Crippen LogP contribution in [0.15, 0.2) is 12.4 Å². The summed E-state index contributed by atoms with van der Waals surface area (Å²) in [6, 6.07) is 0.132. The van der Waals surface area contributed by atoms with Crippen LogP contribution < -0.4 is 5.32 Å². The molecule has 5 heteroatoms. The molecule has 0 saturated heterocycles. The summed E-state index contributed by atoms with van der Waals surface area (Å²) in [6.45, 7) is 4.07. The number of rotatable bonds is 4. The molecule has 2 atom stereocenters. The van der Waals surface area contributed by atoms with Gasteiger partial charge in [0.25, 0.3) is 0 Å². The summed E-state index contributed by atoms with van der Waals surface area (Å²) in [4.78, 5) is 7.94. The van der Waals surface area contributed by atoms with E-state index in [0.29, 0.717) is 11.0 Å². The van der Waals surface area contributed by atoms with Gasteiger partial charge in [-0.15, -0.1) is 0 Å². The number of hydrogen-bond donors (Lipinski definition) is 2. The van der Waals surface area contributed by atoms with Crippen LogP contribution in [0, 0.1) is 5.92 Å². The van der Waals surface area contributed by atoms with Crippen LogP contribution in [0.2, 0.25) is 5.15 Å². The Morgan fingerprint density at radius 1 is 1.50 bits per heavy atom. The van der Waals surface area contributed by atoms with Gasteiger partial charge >= 0.3 is 0 Å². The van der Waals surface area contributed by atoms with Crippen molar-refractivity contribution in [3.8, 4) is 0 Å². The molecule has 0 spiro atoms. The molecule has 0 aliphatic carbocycles. The summed E-state index contributed by atoms with van der Waals surface area (Å²) in [6.07, 6.45) is 3.08. The van der Waals surface area contributed by atoms with Crippen LogP contribution >= 0.6 is 11.6 Å². The minimum atomic E-state index is 0.132. The van der Waals surface area contributed by atoms with Crippen LogP contribution in [0.1, 0.15) is 13.8 Å². The molecular formula is C9H14ClN3O. The van der Waals surface area contributed by atoms with E-state index in [1.165, 1.54) is 6.20 Å². The van der Waals surface area contributed by atoms with E-state index in [9.17, 15) is 0 Å². The van der Waals surface area contributed by atoms with E-state index in [2.05, 4.69) is 15.3 Å². The smallest absolute Gasteiger partial charge is 0.149 e. The highest BCUT2D eigenvalue weighted by atomic mass is 35.5. The zero-order chi connectivity index (χ0) is 10.6. The van der Waals surface area contributed by atoms with E-state index < -0.39 is 0 Å². The number of nitrogens with one attached hydrogen (secondary N) is 1. The lowest BCUT2D eigenvalue weighted by Crippen LogP contribution is -2.26. The largest absolute Gasteiger partial charge is 0.396 e. The minimum Gasteiger partial charge on any atom is -0.396 e. The number of anilines is 1. The molecule has 78 valence electrons. The van der Waals surface area contributed by atoms with E-state index in [4.69, 9.17) is 16.7 Å². The Bertz CT molecular complexity index is 295. The lowest BCUT2D eigenvalue weighted by atomic mass is 10.1. The Kier molecular flexibility index (Phi) is 4.10. The van der Waals surface area contributed by atoms with Gasteiger partial charge in [0.1, 0.15) is 11.0 Å². The van der Waals surface area contributed by atoms with Gasteiger partial charge in [0, 0.05) is 12.6 Å². The van der Waals surface area contributed by atoms with Crippen molar-refractivity contribution in [1.29, 1.82) is 0 Å². The second-order valence-corrected chi connectivity index (χ2v) is 3.71. The normalized spacial score (nSPS) is 14.9. The van der Waals surface area contributed by atoms with Crippen molar-refractivity contribution >= 4 is 17.4 Å². The Labute approximate surface area is 88.3 Å². The summed E-state index contributed by atoms with van der Waals surface area (Å²) in [5.41, 5.74) is 0. The number of hydrogen-bond acceptors (Lipinski definition) is 4. The highest BCUT2D eigenvalue weighted by molar-refractivity contribution is 6.29. The molecule has 2 N–H and O–H groups in total. The molecule has 0 saturated carbocycles. The topological polar surface area (TPSA) is 58.0 Å². The number of aromatic nitrogens is 2. The first-order chi connectivity index (χ1) is 6.63. The average molecular weight is 216 g/mol. The molecule has 14 heavy (non-hydrogen) atoms. The van der Waals surface area contributed by atoms with Crippen molar-refractivity contribution in [2.45, 2.75) is 19.9 Å². The molecule has 1 rings (SSSR count). The molecule has 0 aromatic carbocycles. The van der Waals surface area contributed by atoms with Crippen LogP contribution in [0.25, 0.3) is 0 Å². The Balaban J connectivity index is 2.60. The SMILES string of the molecule is CC(CO)C(C)Nc1cncc(Cl)n1. The molecule has 0 bridgehead atoms. The lowest BCUT2D eigenvalue weighted by Gasteiger charge is -2.19. The van der Waals surface area contributed by atoms with Crippen molar-refractivity contribution in [2.75, 3.05) is 11.9 Å². The fourth-order valence-electron chi connectivity index (χ4n) is 0.945. The summed E-state index contributed by atoms with van der Waals surface area (Å²) in [5.74, 6) is 0.793. The van der Waals surface area contributed by atoms with Crippen LogP contribution in [0.5, 0.6) is 0 Å². The molecule has 1 heterocycles. The maximum atomic E-state index is 8.94. The van der Waals surface area contributed by atoms with Gasteiger partial charge in [-0.05, 0) is 12.8 Å². The first kappa shape index (κ1) is 11.2. The van der Waals surface area contributed by atoms with E-state index in [-0.39, 0.29) is 18.6 Å². The van der Waals surface area contributed by atoms with E-state index in [0.717, 1.165) is 0 Å². The summed E-state index contributed by atoms with van der Waals surface area (Å²) >= 11 is 5.68. The van der Waals surface area contributed by atoms with Crippen molar-refractivity contribution < 1.29 is 5.11 Å². The van der Waals surface area contributed by atoms with E-state index in [1.54, 1.807) is 6.20 Å². The van der Waals surface area contributed by atoms with Crippen LogP contribution in [-0.4, -0.2) is 27.7 Å². The van der Waals surface area contributed by atoms with Gasteiger partial charge in [0.05, 0.1) is 12.4 Å². The number of aliphatic hydroxyl groups is 1. The maximum Gasteiger partial charge on any atom is 0.149 e. The second-order valence-electron chi connectivity index (χ2n) is 3.32. The Morgan fingerprint density at radius 3 is 2.79 bits per heavy atom. The third kappa shape index (κ3) is 3.12. The third-order valence-electron chi connectivity index (χ3n) is 2.12. The van der Waals surface area contributed by atoms with Gasteiger partial charge in [-0.2, -0.15) is 0 Å². The van der Waals surface area contributed by atoms with Gasteiger partial charge in [-0.3, -0.25) is 4.98 Å². The van der Waals surface area contributed by atoms with Crippen LogP contribution in [0.4, 0.5) is 5.82 Å². The van der Waals surface area contributed by atoms with E-state index in [1.807, 2.05) is 13.8 Å². The van der Waals surface area contributed by atoms with Crippen LogP contribution in [-0.2, 0) is 0 Å². The molecule has 0 aliphatic heterocycles. The fourth-order valence-corrected chi connectivity index (χ4v) is 1.09. The zero-order valence-electron chi connectivity index (χ0n) is 8.24. The molecule has 1 aromatic heterocycles. The number of aliphatic hydroxyl groups excluding tert-OH is 1. The first-order valence-electron chi connectivity index (χ1n) is 4.48. The molecular weight excluding hydrogens is 202 g/mol. The van der Waals surface area contributed by atoms with E-state index >= 15 is 0 Å². The standard InChI is InChI=1S/C9H14ClN3O/c1-6(5-14)7(2)12-9-4-11-3-8(10)13-9/h3-4,6-7,14H,5H2,1-2H3,(H,12,13). The molecule has 0 amide bonds. The molecule has 1 aromatic rings. The third-order valence-corrected chi connectivity index (χ3v) is 2.30. The zero-order valence-corrected chi connectivity index (χ0v) is 8.99. The molecule has 0 fully saturated rings. The predicted octanol–water partition coefficient (Wildman–Crippen LogP) is 1.56. The van der Waals surface area contributed by atoms with Gasteiger partial charge in [-0.25, -0.2) is 4.98 Å². The summed E-state index contributed by atoms with van der Waals surface area (Å²) in [7, 11) is 0. The van der Waals surface area contributed by atoms with Crippen molar-refractivity contribution in [1.82, 2.24) is 9.97 Å². The molecule has 2 unspecified atom stereocenters. The number of halogens is 1. The first-order valence-corrected chi connectivity index (χ1v) is 4.86.